The maximum Gasteiger partial charge on any atom is 0.233 e. The highest BCUT2D eigenvalue weighted by atomic mass is 16.1. The van der Waals surface area contributed by atoms with Crippen LogP contribution >= 0.6 is 0 Å². The number of pyridine rings is 1. The summed E-state index contributed by atoms with van der Waals surface area (Å²) in [6.07, 6.45) is 0.481. The van der Waals surface area contributed by atoms with Crippen molar-refractivity contribution in [3.63, 3.8) is 0 Å². The summed E-state index contributed by atoms with van der Waals surface area (Å²) < 4.78 is 0. The molecular formula is C21H29N3O2. The monoisotopic (exact) mass is 355 g/mol. The predicted octanol–water partition coefficient (Wildman–Crippen LogP) is 2.57. The molecule has 0 unspecified atom stereocenters. The van der Waals surface area contributed by atoms with Crippen molar-refractivity contribution in [3.05, 3.63) is 56.9 Å². The maximum atomic E-state index is 12.6. The van der Waals surface area contributed by atoms with Crippen LogP contribution in [0, 0.1) is 13.8 Å². The minimum absolute atomic E-state index is 0.0162. The molecule has 1 heterocycles. The van der Waals surface area contributed by atoms with Gasteiger partial charge in [-0.1, -0.05) is 39.0 Å². The molecule has 5 nitrogen and oxygen atoms in total. The number of hydrogen-bond acceptors (Lipinski definition) is 3. The normalized spacial score (nSPS) is 11.5. The molecular weight excluding hydrogens is 326 g/mol. The lowest BCUT2D eigenvalue weighted by Crippen LogP contribution is -2.32. The molecule has 0 bridgehead atoms. The highest BCUT2D eigenvalue weighted by molar-refractivity contribution is 5.77. The van der Waals surface area contributed by atoms with Crippen LogP contribution in [0.4, 0.5) is 0 Å². The Kier molecular flexibility index (Phi) is 6.03. The molecule has 0 saturated heterocycles. The molecule has 1 aromatic heterocycles. The van der Waals surface area contributed by atoms with Gasteiger partial charge in [0.25, 0.3) is 0 Å². The van der Waals surface area contributed by atoms with Crippen molar-refractivity contribution in [1.82, 2.24) is 10.3 Å². The van der Waals surface area contributed by atoms with Crippen molar-refractivity contribution in [2.45, 2.75) is 46.5 Å². The van der Waals surface area contributed by atoms with Gasteiger partial charge in [-0.25, -0.2) is 0 Å². The van der Waals surface area contributed by atoms with Crippen LogP contribution in [0.1, 0.15) is 43.2 Å². The summed E-state index contributed by atoms with van der Waals surface area (Å²) in [5.41, 5.74) is 11.1. The zero-order valence-electron chi connectivity index (χ0n) is 16.3. The Morgan fingerprint density at radius 2 is 1.88 bits per heavy atom. The van der Waals surface area contributed by atoms with Gasteiger partial charge in [-0.05, 0) is 36.8 Å². The van der Waals surface area contributed by atoms with Crippen molar-refractivity contribution in [1.29, 1.82) is 0 Å². The van der Waals surface area contributed by atoms with E-state index < -0.39 is 0 Å². The first-order valence-electron chi connectivity index (χ1n) is 8.94. The lowest BCUT2D eigenvalue weighted by Gasteiger charge is -2.21. The lowest BCUT2D eigenvalue weighted by atomic mass is 9.85. The molecule has 26 heavy (non-hydrogen) atoms. The van der Waals surface area contributed by atoms with Crippen molar-refractivity contribution < 1.29 is 4.79 Å². The highest BCUT2D eigenvalue weighted by Gasteiger charge is 2.16. The van der Waals surface area contributed by atoms with Gasteiger partial charge in [-0.15, -0.1) is 0 Å². The van der Waals surface area contributed by atoms with Gasteiger partial charge in [-0.3, -0.25) is 9.59 Å². The molecule has 4 N–H and O–H groups in total. The second kappa shape index (κ2) is 7.87. The van der Waals surface area contributed by atoms with Gasteiger partial charge in [-0.2, -0.15) is 0 Å². The van der Waals surface area contributed by atoms with E-state index in [1.807, 2.05) is 6.92 Å². The Hall–Kier alpha value is -2.40. The van der Waals surface area contributed by atoms with E-state index in [0.29, 0.717) is 18.5 Å². The van der Waals surface area contributed by atoms with E-state index in [4.69, 9.17) is 5.73 Å². The summed E-state index contributed by atoms with van der Waals surface area (Å²) in [4.78, 5) is 27.1. The Morgan fingerprint density at radius 3 is 2.42 bits per heavy atom. The number of nitrogens with one attached hydrogen (secondary N) is 2. The zero-order chi connectivity index (χ0) is 19.5. The third kappa shape index (κ3) is 4.61. The molecule has 0 aliphatic carbocycles. The first kappa shape index (κ1) is 19.9. The number of nitrogens with two attached hydrogens (primary N) is 1. The van der Waals surface area contributed by atoms with Crippen LogP contribution in [0.2, 0.25) is 0 Å². The average Bonchev–Trinajstić information content (AvgIpc) is 2.55. The fraction of sp³-hybridized carbons (Fsp3) is 0.429. The van der Waals surface area contributed by atoms with Crippen molar-refractivity contribution in [3.8, 4) is 11.3 Å². The number of H-pyrrole nitrogens is 1. The molecule has 1 aromatic carbocycles. The summed E-state index contributed by atoms with van der Waals surface area (Å²) >= 11 is 0. The van der Waals surface area contributed by atoms with Gasteiger partial charge in [0.15, 0.2) is 5.43 Å². The topological polar surface area (TPSA) is 88.0 Å². The van der Waals surface area contributed by atoms with E-state index in [1.54, 1.807) is 6.07 Å². The molecule has 0 atom stereocenters. The first-order chi connectivity index (χ1) is 12.1. The minimum atomic E-state index is -0.217. The van der Waals surface area contributed by atoms with Gasteiger partial charge >= 0.3 is 0 Å². The van der Waals surface area contributed by atoms with Gasteiger partial charge in [0.2, 0.25) is 5.91 Å². The predicted molar refractivity (Wildman–Crippen MR) is 106 cm³/mol. The number of aryl methyl sites for hydroxylation is 2. The largest absolute Gasteiger partial charge is 0.358 e. The average molecular weight is 355 g/mol. The number of aromatic nitrogens is 1. The second-order valence-corrected chi connectivity index (χ2v) is 7.73. The molecule has 0 aliphatic heterocycles. The summed E-state index contributed by atoms with van der Waals surface area (Å²) in [6, 6.07) is 8.01. The van der Waals surface area contributed by atoms with Crippen molar-refractivity contribution in [2.75, 3.05) is 13.1 Å². The van der Waals surface area contributed by atoms with Crippen molar-refractivity contribution in [2.24, 2.45) is 5.73 Å². The van der Waals surface area contributed by atoms with Gasteiger partial charge in [0.1, 0.15) is 0 Å². The number of hydrogen-bond donors (Lipinski definition) is 3. The van der Waals surface area contributed by atoms with Crippen LogP contribution < -0.4 is 16.5 Å². The standard InChI is InChI=1S/C21H29N3O2/c1-13-10-15(21(3,4)5)6-7-16(13)18-11-19(25)17(14(2)24-18)8-9-23-20(26)12-22/h6-7,10-11H,8-9,12,22H2,1-5H3,(H,23,26)(H,24,25). The van der Waals surface area contributed by atoms with Crippen LogP contribution in [0.5, 0.6) is 0 Å². The molecule has 0 saturated carbocycles. The second-order valence-electron chi connectivity index (χ2n) is 7.73. The third-order valence-corrected chi connectivity index (χ3v) is 4.61. The van der Waals surface area contributed by atoms with E-state index >= 15 is 0 Å². The highest BCUT2D eigenvalue weighted by Crippen LogP contribution is 2.28. The van der Waals surface area contributed by atoms with E-state index in [1.165, 1.54) is 5.56 Å². The molecule has 0 spiro atoms. The lowest BCUT2D eigenvalue weighted by molar-refractivity contribution is -0.119. The zero-order valence-corrected chi connectivity index (χ0v) is 16.3. The molecule has 1 amide bonds. The fourth-order valence-electron chi connectivity index (χ4n) is 3.00. The molecule has 0 aliphatic rings. The number of carbonyl (C=O) groups excluding carboxylic acids is 1. The molecule has 0 radical (unpaired) electrons. The minimum Gasteiger partial charge on any atom is -0.358 e. The number of benzene rings is 1. The van der Waals surface area contributed by atoms with Crippen molar-refractivity contribution >= 4 is 5.91 Å². The molecule has 140 valence electrons. The van der Waals surface area contributed by atoms with Crippen LogP contribution in [0.15, 0.2) is 29.1 Å². The maximum absolute atomic E-state index is 12.6. The Balaban J connectivity index is 2.30. The molecule has 5 heteroatoms. The van der Waals surface area contributed by atoms with Gasteiger partial charge in [0.05, 0.1) is 6.54 Å². The van der Waals surface area contributed by atoms with Crippen LogP contribution in [-0.4, -0.2) is 24.0 Å². The third-order valence-electron chi connectivity index (χ3n) is 4.61. The van der Waals surface area contributed by atoms with Crippen LogP contribution in [-0.2, 0) is 16.6 Å². The summed E-state index contributed by atoms with van der Waals surface area (Å²) in [7, 11) is 0. The summed E-state index contributed by atoms with van der Waals surface area (Å²) in [6.45, 7) is 10.9. The van der Waals surface area contributed by atoms with Gasteiger partial charge < -0.3 is 16.0 Å². The van der Waals surface area contributed by atoms with Gasteiger partial charge in [0, 0.05) is 35.1 Å². The Bertz CT molecular complexity index is 861. The first-order valence-corrected chi connectivity index (χ1v) is 8.94. The number of rotatable bonds is 5. The van der Waals surface area contributed by atoms with Crippen LogP contribution in [0.3, 0.4) is 0 Å². The van der Waals surface area contributed by atoms with E-state index in [0.717, 1.165) is 22.5 Å². The molecule has 2 rings (SSSR count). The molecule has 0 fully saturated rings. The number of aromatic amines is 1. The number of amides is 1. The van der Waals surface area contributed by atoms with E-state index in [-0.39, 0.29) is 23.3 Å². The Labute approximate surface area is 155 Å². The fourth-order valence-corrected chi connectivity index (χ4v) is 3.00. The van der Waals surface area contributed by atoms with Crippen LogP contribution in [0.25, 0.3) is 11.3 Å². The Morgan fingerprint density at radius 1 is 1.19 bits per heavy atom. The number of carbonyl (C=O) groups is 1. The summed E-state index contributed by atoms with van der Waals surface area (Å²) in [5, 5.41) is 2.69. The summed E-state index contributed by atoms with van der Waals surface area (Å²) in [5.74, 6) is -0.217. The SMILES string of the molecule is Cc1cc(C(C)(C)C)ccc1-c1cc(=O)c(CCNC(=O)CN)c(C)[nH]1. The smallest absolute Gasteiger partial charge is 0.233 e. The van der Waals surface area contributed by atoms with E-state index in [9.17, 15) is 9.59 Å². The molecule has 2 aromatic rings. The quantitative estimate of drug-likeness (QED) is 0.770. The van der Waals surface area contributed by atoms with E-state index in [2.05, 4.69) is 56.2 Å².